The Bertz CT molecular complexity index is 1000. The van der Waals surface area contributed by atoms with E-state index in [2.05, 4.69) is 33.8 Å². The van der Waals surface area contributed by atoms with Crippen molar-refractivity contribution in [2.24, 2.45) is 0 Å². The van der Waals surface area contributed by atoms with Crippen molar-refractivity contribution in [3.05, 3.63) is 40.9 Å². The van der Waals surface area contributed by atoms with Gasteiger partial charge in [0.15, 0.2) is 5.13 Å². The summed E-state index contributed by atoms with van der Waals surface area (Å²) in [7, 11) is -3.64. The summed E-state index contributed by atoms with van der Waals surface area (Å²) in [6, 6.07) is 5.85. The third-order valence-corrected chi connectivity index (χ3v) is 7.10. The lowest BCUT2D eigenvalue weighted by molar-refractivity contribution is -0.0707. The standard InChI is InChI=1S/C21H30N4O4S2/c1-14-10-25(11-15(2)29-14)12-17-13-30-20(22-17)23-19(26)16-6-8-18(9-7-16)31(27,28)24-21(3,4)5/h6-9,13-15,24H,10-12H2,1-5H3,(H,22,23,26). The zero-order chi connectivity index (χ0) is 22.8. The average Bonchev–Trinajstić information content (AvgIpc) is 3.05. The number of carbonyl (C=O) groups is 1. The van der Waals surface area contributed by atoms with Crippen LogP contribution in [0, 0.1) is 0 Å². The first-order chi connectivity index (χ1) is 14.4. The summed E-state index contributed by atoms with van der Waals surface area (Å²) in [6.45, 7) is 11.8. The molecule has 0 bridgehead atoms. The Labute approximate surface area is 188 Å². The summed E-state index contributed by atoms with van der Waals surface area (Å²) in [5.74, 6) is -0.331. The minimum absolute atomic E-state index is 0.115. The van der Waals surface area contributed by atoms with E-state index in [0.717, 1.165) is 18.8 Å². The number of nitrogens with one attached hydrogen (secondary N) is 2. The summed E-state index contributed by atoms with van der Waals surface area (Å²) in [5, 5.41) is 5.24. The fourth-order valence-corrected chi connectivity index (χ4v) is 5.61. The first-order valence-electron chi connectivity index (χ1n) is 10.2. The second-order valence-electron chi connectivity index (χ2n) is 8.93. The maximum atomic E-state index is 12.6. The van der Waals surface area contributed by atoms with Gasteiger partial charge in [0.1, 0.15) is 0 Å². The lowest BCUT2D eigenvalue weighted by atomic mass is 10.1. The van der Waals surface area contributed by atoms with Gasteiger partial charge in [0.2, 0.25) is 10.0 Å². The molecule has 0 radical (unpaired) electrons. The van der Waals surface area contributed by atoms with E-state index >= 15 is 0 Å². The summed E-state index contributed by atoms with van der Waals surface area (Å²) in [6.07, 6.45) is 0.374. The van der Waals surface area contributed by atoms with Crippen molar-refractivity contribution in [1.29, 1.82) is 0 Å². The molecule has 2 heterocycles. The van der Waals surface area contributed by atoms with Gasteiger partial charge in [0.25, 0.3) is 5.91 Å². The van der Waals surface area contributed by atoms with Gasteiger partial charge in [-0.3, -0.25) is 15.0 Å². The fraction of sp³-hybridized carbons (Fsp3) is 0.524. The quantitative estimate of drug-likeness (QED) is 0.679. The van der Waals surface area contributed by atoms with Gasteiger partial charge in [-0.05, 0) is 58.9 Å². The second-order valence-corrected chi connectivity index (χ2v) is 11.5. The number of carbonyl (C=O) groups excluding carboxylic acids is 1. The molecule has 0 aliphatic carbocycles. The van der Waals surface area contributed by atoms with Crippen molar-refractivity contribution in [2.45, 2.75) is 63.8 Å². The highest BCUT2D eigenvalue weighted by atomic mass is 32.2. The Kier molecular flexibility index (Phi) is 7.17. The van der Waals surface area contributed by atoms with Crippen LogP contribution in [0.3, 0.4) is 0 Å². The molecule has 1 aromatic carbocycles. The minimum atomic E-state index is -3.64. The Balaban J connectivity index is 1.61. The third kappa shape index (κ3) is 6.81. The number of amides is 1. The monoisotopic (exact) mass is 466 g/mol. The number of nitrogens with zero attached hydrogens (tertiary/aromatic N) is 2. The van der Waals surface area contributed by atoms with E-state index < -0.39 is 15.6 Å². The lowest BCUT2D eigenvalue weighted by Gasteiger charge is -2.34. The van der Waals surface area contributed by atoms with Crippen LogP contribution in [0.25, 0.3) is 0 Å². The summed E-state index contributed by atoms with van der Waals surface area (Å²) >= 11 is 1.37. The van der Waals surface area contributed by atoms with Crippen LogP contribution in [0.5, 0.6) is 0 Å². The maximum Gasteiger partial charge on any atom is 0.257 e. The van der Waals surface area contributed by atoms with Gasteiger partial charge in [-0.1, -0.05) is 0 Å². The molecule has 170 valence electrons. The molecule has 2 aromatic rings. The summed E-state index contributed by atoms with van der Waals surface area (Å²) < 4.78 is 33.1. The van der Waals surface area contributed by atoms with Gasteiger partial charge in [-0.25, -0.2) is 18.1 Å². The molecule has 10 heteroatoms. The zero-order valence-electron chi connectivity index (χ0n) is 18.5. The minimum Gasteiger partial charge on any atom is -0.373 e. The Hall–Kier alpha value is -1.85. The maximum absolute atomic E-state index is 12.6. The number of sulfonamides is 1. The lowest BCUT2D eigenvalue weighted by Crippen LogP contribution is -2.44. The van der Waals surface area contributed by atoms with E-state index in [0.29, 0.717) is 17.2 Å². The highest BCUT2D eigenvalue weighted by molar-refractivity contribution is 7.89. The molecule has 1 aliphatic rings. The first-order valence-corrected chi connectivity index (χ1v) is 12.6. The molecule has 1 fully saturated rings. The molecule has 3 rings (SSSR count). The molecular weight excluding hydrogens is 436 g/mol. The van der Waals surface area contributed by atoms with Crippen molar-refractivity contribution >= 4 is 32.4 Å². The zero-order valence-corrected chi connectivity index (χ0v) is 20.1. The van der Waals surface area contributed by atoms with Gasteiger partial charge in [-0.15, -0.1) is 11.3 Å². The van der Waals surface area contributed by atoms with Crippen molar-refractivity contribution in [3.63, 3.8) is 0 Å². The first kappa shape index (κ1) is 23.8. The van der Waals surface area contributed by atoms with Gasteiger partial charge in [-0.2, -0.15) is 0 Å². The molecule has 31 heavy (non-hydrogen) atoms. The average molecular weight is 467 g/mol. The van der Waals surface area contributed by atoms with E-state index in [-0.39, 0.29) is 23.0 Å². The largest absolute Gasteiger partial charge is 0.373 e. The van der Waals surface area contributed by atoms with Gasteiger partial charge in [0, 0.05) is 36.1 Å². The number of benzene rings is 1. The molecule has 2 N–H and O–H groups in total. The molecule has 1 aliphatic heterocycles. The third-order valence-electron chi connectivity index (χ3n) is 4.52. The normalized spacial score (nSPS) is 20.5. The SMILES string of the molecule is CC1CN(Cc2csc(NC(=O)c3ccc(S(=O)(=O)NC(C)(C)C)cc3)n2)CC(C)O1. The van der Waals surface area contributed by atoms with Gasteiger partial charge in [0.05, 0.1) is 22.8 Å². The number of aromatic nitrogens is 1. The molecule has 1 aromatic heterocycles. The van der Waals surface area contributed by atoms with E-state index in [1.807, 2.05) is 5.38 Å². The van der Waals surface area contributed by atoms with Crippen LogP contribution in [-0.4, -0.2) is 55.0 Å². The number of hydrogen-bond donors (Lipinski definition) is 2. The fourth-order valence-electron chi connectivity index (χ4n) is 3.50. The topological polar surface area (TPSA) is 101 Å². The number of anilines is 1. The van der Waals surface area contributed by atoms with Crippen molar-refractivity contribution in [2.75, 3.05) is 18.4 Å². The number of rotatable bonds is 6. The summed E-state index contributed by atoms with van der Waals surface area (Å²) in [5.41, 5.74) is 0.674. The highest BCUT2D eigenvalue weighted by Gasteiger charge is 2.24. The van der Waals surface area contributed by atoms with Crippen molar-refractivity contribution < 1.29 is 17.9 Å². The molecule has 1 saturated heterocycles. The van der Waals surface area contributed by atoms with E-state index in [9.17, 15) is 13.2 Å². The molecular formula is C21H30N4O4S2. The molecule has 2 atom stereocenters. The smallest absolute Gasteiger partial charge is 0.257 e. The number of hydrogen-bond acceptors (Lipinski definition) is 7. The van der Waals surface area contributed by atoms with Crippen LogP contribution in [0.15, 0.2) is 34.5 Å². The summed E-state index contributed by atoms with van der Waals surface area (Å²) in [4.78, 5) is 19.5. The molecule has 0 spiro atoms. The Morgan fingerprint density at radius 3 is 2.39 bits per heavy atom. The van der Waals surface area contributed by atoms with Crippen LogP contribution in [0.1, 0.15) is 50.7 Å². The molecule has 0 saturated carbocycles. The molecule has 2 unspecified atom stereocenters. The van der Waals surface area contributed by atoms with Crippen LogP contribution < -0.4 is 10.0 Å². The molecule has 1 amide bonds. The van der Waals surface area contributed by atoms with E-state index in [1.165, 1.54) is 35.6 Å². The Morgan fingerprint density at radius 1 is 1.19 bits per heavy atom. The van der Waals surface area contributed by atoms with Crippen molar-refractivity contribution in [1.82, 2.24) is 14.6 Å². The molecule has 8 nitrogen and oxygen atoms in total. The van der Waals surface area contributed by atoms with Crippen LogP contribution >= 0.6 is 11.3 Å². The number of morpholine rings is 1. The van der Waals surface area contributed by atoms with Crippen LogP contribution in [0.2, 0.25) is 0 Å². The predicted octanol–water partition coefficient (Wildman–Crippen LogP) is 3.08. The number of ether oxygens (including phenoxy) is 1. The van der Waals surface area contributed by atoms with Crippen LogP contribution in [-0.2, 0) is 21.3 Å². The van der Waals surface area contributed by atoms with Crippen molar-refractivity contribution in [3.8, 4) is 0 Å². The van der Waals surface area contributed by atoms with Crippen LogP contribution in [0.4, 0.5) is 5.13 Å². The Morgan fingerprint density at radius 2 is 1.81 bits per heavy atom. The predicted molar refractivity (Wildman–Crippen MR) is 122 cm³/mol. The van der Waals surface area contributed by atoms with Gasteiger partial charge >= 0.3 is 0 Å². The van der Waals surface area contributed by atoms with Gasteiger partial charge < -0.3 is 4.74 Å². The van der Waals surface area contributed by atoms with E-state index in [1.54, 1.807) is 20.8 Å². The second kappa shape index (κ2) is 9.33. The van der Waals surface area contributed by atoms with E-state index in [4.69, 9.17) is 4.74 Å². The number of thiazole rings is 1. The highest BCUT2D eigenvalue weighted by Crippen LogP contribution is 2.20.